The van der Waals surface area contributed by atoms with Crippen LogP contribution in [0.25, 0.3) is 0 Å². The quantitative estimate of drug-likeness (QED) is 0.762. The smallest absolute Gasteiger partial charge is 0.142 e. The maximum absolute atomic E-state index is 8.67. The molecule has 1 aliphatic carbocycles. The van der Waals surface area contributed by atoms with Crippen molar-refractivity contribution in [2.45, 2.75) is 74.1 Å². The monoisotopic (exact) mass is 275 g/mol. The largest absolute Gasteiger partial charge is 0.237 e. The molecular formula is C17H29N3. The van der Waals surface area contributed by atoms with E-state index in [9.17, 15) is 0 Å². The highest BCUT2D eigenvalue weighted by Crippen LogP contribution is 2.34. The van der Waals surface area contributed by atoms with Crippen LogP contribution in [0.4, 0.5) is 0 Å². The first-order valence-corrected chi connectivity index (χ1v) is 7.74. The van der Waals surface area contributed by atoms with Crippen LogP contribution < -0.4 is 0 Å². The molecule has 20 heavy (non-hydrogen) atoms. The third-order valence-corrected chi connectivity index (χ3v) is 3.28. The molecule has 1 aliphatic rings. The molecule has 0 aromatic carbocycles. The van der Waals surface area contributed by atoms with Crippen molar-refractivity contribution < 1.29 is 0 Å². The van der Waals surface area contributed by atoms with Crippen molar-refractivity contribution in [1.29, 1.82) is 5.26 Å². The van der Waals surface area contributed by atoms with Crippen molar-refractivity contribution in [2.75, 3.05) is 0 Å². The fourth-order valence-corrected chi connectivity index (χ4v) is 2.33. The molecular weight excluding hydrogens is 246 g/mol. The lowest BCUT2D eigenvalue weighted by Gasteiger charge is -2.31. The van der Waals surface area contributed by atoms with E-state index < -0.39 is 0 Å². The Balaban J connectivity index is 0.000000829. The van der Waals surface area contributed by atoms with Crippen molar-refractivity contribution in [1.82, 2.24) is 9.97 Å². The average molecular weight is 275 g/mol. The van der Waals surface area contributed by atoms with Crippen LogP contribution in [-0.4, -0.2) is 9.97 Å². The first kappa shape index (κ1) is 18.6. The minimum absolute atomic E-state index is 0.317. The van der Waals surface area contributed by atoms with Crippen LogP contribution in [0.5, 0.6) is 0 Å². The van der Waals surface area contributed by atoms with Crippen molar-refractivity contribution in [3.63, 3.8) is 0 Å². The van der Waals surface area contributed by atoms with Gasteiger partial charge in [-0.1, -0.05) is 41.5 Å². The van der Waals surface area contributed by atoms with Gasteiger partial charge in [-0.05, 0) is 37.2 Å². The van der Waals surface area contributed by atoms with E-state index in [2.05, 4.69) is 29.9 Å². The zero-order valence-electron chi connectivity index (χ0n) is 14.2. The molecule has 3 heteroatoms. The van der Waals surface area contributed by atoms with Crippen LogP contribution in [0.2, 0.25) is 0 Å². The molecule has 0 fully saturated rings. The second-order valence-electron chi connectivity index (χ2n) is 5.33. The highest BCUT2D eigenvalue weighted by atomic mass is 14.9. The fourth-order valence-electron chi connectivity index (χ4n) is 2.33. The lowest BCUT2D eigenvalue weighted by atomic mass is 9.75. The van der Waals surface area contributed by atoms with Crippen LogP contribution in [0.15, 0.2) is 0 Å². The van der Waals surface area contributed by atoms with Crippen LogP contribution in [-0.2, 0) is 19.3 Å². The van der Waals surface area contributed by atoms with Gasteiger partial charge >= 0.3 is 0 Å². The van der Waals surface area contributed by atoms with E-state index in [0.29, 0.717) is 17.7 Å². The van der Waals surface area contributed by atoms with E-state index in [1.54, 1.807) is 0 Å². The van der Waals surface area contributed by atoms with Crippen molar-refractivity contribution in [3.05, 3.63) is 22.8 Å². The van der Waals surface area contributed by atoms with Crippen molar-refractivity contribution in [2.24, 2.45) is 5.41 Å². The van der Waals surface area contributed by atoms with E-state index >= 15 is 0 Å². The molecule has 0 atom stereocenters. The van der Waals surface area contributed by atoms with Gasteiger partial charge in [-0.25, -0.2) is 9.97 Å². The summed E-state index contributed by atoms with van der Waals surface area (Å²) in [5.41, 5.74) is 3.88. The number of nitriles is 1. The van der Waals surface area contributed by atoms with Gasteiger partial charge in [0.2, 0.25) is 0 Å². The minimum atomic E-state index is 0.317. The number of hydrogen-bond donors (Lipinski definition) is 0. The Bertz CT molecular complexity index is 456. The van der Waals surface area contributed by atoms with E-state index in [1.165, 1.54) is 12.0 Å². The summed E-state index contributed by atoms with van der Waals surface area (Å²) in [6.45, 7) is 14.6. The summed E-state index contributed by atoms with van der Waals surface area (Å²) in [6, 6.07) is 2.11. The molecule has 1 aromatic heterocycles. The maximum atomic E-state index is 8.67. The lowest BCUT2D eigenvalue weighted by molar-refractivity contribution is 0.310. The molecule has 0 aliphatic heterocycles. The third-order valence-electron chi connectivity index (χ3n) is 3.28. The molecule has 3 nitrogen and oxygen atoms in total. The van der Waals surface area contributed by atoms with Gasteiger partial charge in [0.15, 0.2) is 0 Å². The molecule has 0 saturated carbocycles. The van der Waals surface area contributed by atoms with E-state index in [0.717, 1.165) is 24.2 Å². The van der Waals surface area contributed by atoms with Crippen LogP contribution in [0.3, 0.4) is 0 Å². The lowest BCUT2D eigenvalue weighted by Crippen LogP contribution is -2.25. The fraction of sp³-hybridized carbons (Fsp3) is 0.706. The topological polar surface area (TPSA) is 49.6 Å². The summed E-state index contributed by atoms with van der Waals surface area (Å²) in [4.78, 5) is 8.90. The minimum Gasteiger partial charge on any atom is -0.237 e. The van der Waals surface area contributed by atoms with Gasteiger partial charge in [0.1, 0.15) is 5.82 Å². The molecule has 0 spiro atoms. The van der Waals surface area contributed by atoms with Gasteiger partial charge in [-0.2, -0.15) is 5.26 Å². The Morgan fingerprint density at radius 2 is 1.75 bits per heavy atom. The number of aromatic nitrogens is 2. The summed E-state index contributed by atoms with van der Waals surface area (Å²) in [5.74, 6) is 0.679. The molecule has 0 N–H and O–H groups in total. The van der Waals surface area contributed by atoms with E-state index in [4.69, 9.17) is 5.26 Å². The molecule has 0 radical (unpaired) electrons. The Hall–Kier alpha value is -1.43. The molecule has 0 unspecified atom stereocenters. The summed E-state index contributed by atoms with van der Waals surface area (Å²) in [7, 11) is 0. The SMILES string of the molecule is CC.CC.Cc1nc(CC#N)nc2c1CC(C)(C)CC2. The Labute approximate surface area is 124 Å². The highest BCUT2D eigenvalue weighted by Gasteiger charge is 2.27. The van der Waals surface area contributed by atoms with Gasteiger partial charge in [0, 0.05) is 11.4 Å². The van der Waals surface area contributed by atoms with Crippen molar-refractivity contribution in [3.8, 4) is 6.07 Å². The normalized spacial score (nSPS) is 14.7. The average Bonchev–Trinajstić information content (AvgIpc) is 2.44. The first-order valence-electron chi connectivity index (χ1n) is 7.74. The standard InChI is InChI=1S/C13H17N3.2C2H6/c1-9-10-8-13(2,3)6-4-11(10)16-12(15-9)5-7-14;2*1-2/h4-6,8H2,1-3H3;2*1-2H3. The molecule has 0 bridgehead atoms. The summed E-state index contributed by atoms with van der Waals surface area (Å²) in [6.07, 6.45) is 3.56. The van der Waals surface area contributed by atoms with Gasteiger partial charge in [0.05, 0.1) is 12.5 Å². The number of rotatable bonds is 1. The molecule has 2 rings (SSSR count). The predicted octanol–water partition coefficient (Wildman–Crippen LogP) is 4.42. The zero-order valence-corrected chi connectivity index (χ0v) is 14.2. The summed E-state index contributed by atoms with van der Waals surface area (Å²) >= 11 is 0. The molecule has 1 aromatic rings. The van der Waals surface area contributed by atoms with E-state index in [1.807, 2.05) is 34.6 Å². The maximum Gasteiger partial charge on any atom is 0.142 e. The number of hydrogen-bond acceptors (Lipinski definition) is 3. The molecule has 0 amide bonds. The predicted molar refractivity (Wildman–Crippen MR) is 84.6 cm³/mol. The van der Waals surface area contributed by atoms with Crippen LogP contribution in [0.1, 0.15) is 70.7 Å². The number of nitrogens with zero attached hydrogens (tertiary/aromatic N) is 3. The highest BCUT2D eigenvalue weighted by molar-refractivity contribution is 5.29. The number of aryl methyl sites for hydroxylation is 2. The van der Waals surface area contributed by atoms with Gasteiger partial charge in [0.25, 0.3) is 0 Å². The van der Waals surface area contributed by atoms with Gasteiger partial charge in [-0.3, -0.25) is 0 Å². The number of fused-ring (bicyclic) bond motifs is 1. The molecule has 1 heterocycles. The van der Waals surface area contributed by atoms with Gasteiger partial charge in [-0.15, -0.1) is 0 Å². The second-order valence-corrected chi connectivity index (χ2v) is 5.33. The third kappa shape index (κ3) is 4.92. The first-order chi connectivity index (χ1) is 9.52. The van der Waals surface area contributed by atoms with Crippen LogP contribution in [0, 0.1) is 23.7 Å². The Kier molecular flexibility index (Phi) is 8.06. The Morgan fingerprint density at radius 3 is 2.30 bits per heavy atom. The van der Waals surface area contributed by atoms with Gasteiger partial charge < -0.3 is 0 Å². The summed E-state index contributed by atoms with van der Waals surface area (Å²) in [5, 5.41) is 8.67. The van der Waals surface area contributed by atoms with Crippen LogP contribution >= 0.6 is 0 Å². The van der Waals surface area contributed by atoms with Crippen molar-refractivity contribution >= 4 is 0 Å². The Morgan fingerprint density at radius 1 is 1.15 bits per heavy atom. The second kappa shape index (κ2) is 8.68. The molecule has 112 valence electrons. The summed E-state index contributed by atoms with van der Waals surface area (Å²) < 4.78 is 0. The van der Waals surface area contributed by atoms with E-state index in [-0.39, 0.29) is 0 Å². The molecule has 0 saturated heterocycles. The zero-order chi connectivity index (χ0) is 15.8.